The van der Waals surface area contributed by atoms with Crippen molar-refractivity contribution in [2.45, 2.75) is 13.3 Å². The Labute approximate surface area is 168 Å². The predicted molar refractivity (Wildman–Crippen MR) is 111 cm³/mol. The van der Waals surface area contributed by atoms with Crippen molar-refractivity contribution in [3.05, 3.63) is 77.4 Å². The summed E-state index contributed by atoms with van der Waals surface area (Å²) in [6.07, 6.45) is 0.853. The van der Waals surface area contributed by atoms with E-state index < -0.39 is 0 Å². The molecule has 0 atom stereocenters. The highest BCUT2D eigenvalue weighted by molar-refractivity contribution is 6.33. The van der Waals surface area contributed by atoms with Crippen LogP contribution in [-0.4, -0.2) is 27.0 Å². The summed E-state index contributed by atoms with van der Waals surface area (Å²) in [7, 11) is 0. The first-order valence-electron chi connectivity index (χ1n) is 9.16. The van der Waals surface area contributed by atoms with Gasteiger partial charge < -0.3 is 5.32 Å². The van der Waals surface area contributed by atoms with Crippen LogP contribution in [0.15, 0.2) is 66.7 Å². The molecule has 5 nitrogen and oxygen atoms in total. The van der Waals surface area contributed by atoms with Crippen molar-refractivity contribution < 1.29 is 4.79 Å². The quantitative estimate of drug-likeness (QED) is 0.529. The van der Waals surface area contributed by atoms with Crippen LogP contribution in [0, 0.1) is 0 Å². The van der Waals surface area contributed by atoms with E-state index in [1.165, 1.54) is 0 Å². The normalized spacial score (nSPS) is 10.9. The van der Waals surface area contributed by atoms with E-state index in [0.29, 0.717) is 28.6 Å². The first-order chi connectivity index (χ1) is 13.7. The van der Waals surface area contributed by atoms with Crippen LogP contribution in [0.1, 0.15) is 23.8 Å². The van der Waals surface area contributed by atoms with Crippen molar-refractivity contribution in [1.29, 1.82) is 0 Å². The molecule has 0 bridgehead atoms. The van der Waals surface area contributed by atoms with Crippen molar-refractivity contribution in [3.8, 4) is 22.5 Å². The minimum Gasteiger partial charge on any atom is -0.351 e. The first-order valence-corrected chi connectivity index (χ1v) is 9.54. The van der Waals surface area contributed by atoms with Gasteiger partial charge in [0.15, 0.2) is 5.65 Å². The number of carbonyl (C=O) groups excluding carboxylic acids is 1. The molecule has 1 amide bonds. The Bertz CT molecular complexity index is 1140. The highest BCUT2D eigenvalue weighted by atomic mass is 35.5. The van der Waals surface area contributed by atoms with Crippen molar-refractivity contribution in [2.75, 3.05) is 6.54 Å². The van der Waals surface area contributed by atoms with Gasteiger partial charge in [-0.2, -0.15) is 5.10 Å². The van der Waals surface area contributed by atoms with Gasteiger partial charge in [-0.3, -0.25) is 4.79 Å². The summed E-state index contributed by atoms with van der Waals surface area (Å²) in [4.78, 5) is 17.5. The molecular formula is C22H19ClN4O. The Hall–Kier alpha value is -3.18. The largest absolute Gasteiger partial charge is 0.351 e. The minimum atomic E-state index is -0.190. The molecule has 4 rings (SSSR count). The molecule has 0 fully saturated rings. The Morgan fingerprint density at radius 3 is 2.54 bits per heavy atom. The maximum absolute atomic E-state index is 12.8. The van der Waals surface area contributed by atoms with Crippen LogP contribution in [0.4, 0.5) is 0 Å². The van der Waals surface area contributed by atoms with Crippen LogP contribution in [0.3, 0.4) is 0 Å². The Kier molecular flexibility index (Phi) is 5.08. The number of halogens is 1. The summed E-state index contributed by atoms with van der Waals surface area (Å²) < 4.78 is 1.59. The number of nitrogens with one attached hydrogen (secondary N) is 1. The van der Waals surface area contributed by atoms with Crippen LogP contribution in [0.5, 0.6) is 0 Å². The smallest absolute Gasteiger partial charge is 0.270 e. The number of benzene rings is 2. The molecule has 0 saturated heterocycles. The molecule has 2 aromatic carbocycles. The summed E-state index contributed by atoms with van der Waals surface area (Å²) in [5, 5.41) is 8.14. The Morgan fingerprint density at radius 2 is 1.79 bits per heavy atom. The van der Waals surface area contributed by atoms with Crippen molar-refractivity contribution in [3.63, 3.8) is 0 Å². The lowest BCUT2D eigenvalue weighted by molar-refractivity contribution is 0.0946. The molecule has 28 heavy (non-hydrogen) atoms. The third-order valence-electron chi connectivity index (χ3n) is 4.41. The van der Waals surface area contributed by atoms with Gasteiger partial charge in [-0.1, -0.05) is 67.1 Å². The second kappa shape index (κ2) is 7.82. The molecule has 0 radical (unpaired) electrons. The van der Waals surface area contributed by atoms with E-state index in [4.69, 9.17) is 16.6 Å². The summed E-state index contributed by atoms with van der Waals surface area (Å²) in [5.74, 6) is -0.190. The predicted octanol–water partition coefficient (Wildman–Crippen LogP) is 4.86. The zero-order valence-corrected chi connectivity index (χ0v) is 16.1. The monoisotopic (exact) mass is 390 g/mol. The van der Waals surface area contributed by atoms with Crippen molar-refractivity contribution >= 4 is 23.2 Å². The van der Waals surface area contributed by atoms with Crippen LogP contribution in [-0.2, 0) is 0 Å². The highest BCUT2D eigenvalue weighted by Gasteiger charge is 2.17. The van der Waals surface area contributed by atoms with Crippen LogP contribution >= 0.6 is 11.6 Å². The third kappa shape index (κ3) is 3.49. The van der Waals surface area contributed by atoms with Gasteiger partial charge in [-0.25, -0.2) is 9.50 Å². The molecule has 4 aromatic rings. The van der Waals surface area contributed by atoms with Gasteiger partial charge in [0.1, 0.15) is 5.69 Å². The third-order valence-corrected chi connectivity index (χ3v) is 4.74. The van der Waals surface area contributed by atoms with Crippen molar-refractivity contribution in [2.24, 2.45) is 0 Å². The van der Waals surface area contributed by atoms with Gasteiger partial charge in [-0.15, -0.1) is 0 Å². The van der Waals surface area contributed by atoms with Crippen molar-refractivity contribution in [1.82, 2.24) is 19.9 Å². The van der Waals surface area contributed by atoms with Gasteiger partial charge in [0.25, 0.3) is 5.91 Å². The first kappa shape index (κ1) is 18.2. The number of hydrogen-bond acceptors (Lipinski definition) is 3. The molecule has 0 spiro atoms. The van der Waals surface area contributed by atoms with Crippen LogP contribution < -0.4 is 5.32 Å². The molecule has 0 unspecified atom stereocenters. The van der Waals surface area contributed by atoms with Gasteiger partial charge in [0.05, 0.1) is 11.4 Å². The molecule has 1 N–H and O–H groups in total. The number of fused-ring (bicyclic) bond motifs is 1. The maximum atomic E-state index is 12.8. The summed E-state index contributed by atoms with van der Waals surface area (Å²) in [5.41, 5.74) is 4.16. The topological polar surface area (TPSA) is 59.3 Å². The Morgan fingerprint density at radius 1 is 1.04 bits per heavy atom. The number of aromatic nitrogens is 3. The zero-order valence-electron chi connectivity index (χ0n) is 15.4. The molecular weight excluding hydrogens is 372 g/mol. The number of amides is 1. The highest BCUT2D eigenvalue weighted by Crippen LogP contribution is 2.28. The number of nitrogens with zero attached hydrogens (tertiary/aromatic N) is 3. The fraction of sp³-hybridized carbons (Fsp3) is 0.136. The molecule has 6 heteroatoms. The SMILES string of the molecule is CCCNC(=O)c1cc(-c2ccccc2Cl)nc2cc(-c3ccccc3)nn12. The number of hydrogen-bond donors (Lipinski definition) is 1. The standard InChI is InChI=1S/C22H19ClN4O/c1-2-12-24-22(28)20-13-19(16-10-6-7-11-17(16)23)25-21-14-18(26-27(20)21)15-8-4-3-5-9-15/h3-11,13-14H,2,12H2,1H3,(H,24,28). The lowest BCUT2D eigenvalue weighted by Crippen LogP contribution is -2.26. The van der Waals surface area contributed by atoms with E-state index in [1.54, 1.807) is 10.6 Å². The molecule has 2 aromatic heterocycles. The number of rotatable bonds is 5. The average Bonchev–Trinajstić information content (AvgIpc) is 3.16. The van der Waals surface area contributed by atoms with Gasteiger partial charge in [0, 0.05) is 28.8 Å². The second-order valence-corrected chi connectivity index (χ2v) is 6.84. The van der Waals surface area contributed by atoms with Gasteiger partial charge >= 0.3 is 0 Å². The molecule has 0 saturated carbocycles. The second-order valence-electron chi connectivity index (χ2n) is 6.43. The fourth-order valence-electron chi connectivity index (χ4n) is 3.02. The summed E-state index contributed by atoms with van der Waals surface area (Å²) in [6, 6.07) is 20.9. The molecule has 0 aliphatic heterocycles. The van der Waals surface area contributed by atoms with Gasteiger partial charge in [0.2, 0.25) is 0 Å². The number of carbonyl (C=O) groups is 1. The molecule has 0 aliphatic carbocycles. The fourth-order valence-corrected chi connectivity index (χ4v) is 3.25. The zero-order chi connectivity index (χ0) is 19.5. The van der Waals surface area contributed by atoms with E-state index in [2.05, 4.69) is 10.4 Å². The minimum absolute atomic E-state index is 0.190. The maximum Gasteiger partial charge on any atom is 0.270 e. The van der Waals surface area contributed by atoms with E-state index in [0.717, 1.165) is 23.2 Å². The molecule has 0 aliphatic rings. The lowest BCUT2D eigenvalue weighted by atomic mass is 10.1. The molecule has 140 valence electrons. The van der Waals surface area contributed by atoms with Gasteiger partial charge in [-0.05, 0) is 18.6 Å². The molecule has 2 heterocycles. The van der Waals surface area contributed by atoms with E-state index in [9.17, 15) is 4.79 Å². The lowest BCUT2D eigenvalue weighted by Gasteiger charge is -2.09. The van der Waals surface area contributed by atoms with E-state index in [-0.39, 0.29) is 5.91 Å². The summed E-state index contributed by atoms with van der Waals surface area (Å²) >= 11 is 6.36. The average molecular weight is 391 g/mol. The van der Waals surface area contributed by atoms with Crippen LogP contribution in [0.2, 0.25) is 5.02 Å². The summed E-state index contributed by atoms with van der Waals surface area (Å²) in [6.45, 7) is 2.61. The van der Waals surface area contributed by atoms with E-state index in [1.807, 2.05) is 67.6 Å². The van der Waals surface area contributed by atoms with Crippen LogP contribution in [0.25, 0.3) is 28.2 Å². The Balaban J connectivity index is 1.91. The van der Waals surface area contributed by atoms with E-state index >= 15 is 0 Å².